The lowest BCUT2D eigenvalue weighted by Gasteiger charge is -2.35. The van der Waals surface area contributed by atoms with Gasteiger partial charge in [-0.05, 0) is 38.8 Å². The van der Waals surface area contributed by atoms with Crippen molar-refractivity contribution in [2.45, 2.75) is 38.8 Å². The van der Waals surface area contributed by atoms with Gasteiger partial charge in [-0.25, -0.2) is 15.0 Å². The predicted molar refractivity (Wildman–Crippen MR) is 85.1 cm³/mol. The second-order valence-corrected chi connectivity index (χ2v) is 5.88. The van der Waals surface area contributed by atoms with Crippen molar-refractivity contribution in [2.75, 3.05) is 24.1 Å². The van der Waals surface area contributed by atoms with Gasteiger partial charge in [-0.3, -0.25) is 0 Å². The number of anilines is 2. The zero-order valence-corrected chi connectivity index (χ0v) is 12.6. The van der Waals surface area contributed by atoms with E-state index in [4.69, 9.17) is 5.73 Å². The first-order chi connectivity index (χ1) is 10.1. The fourth-order valence-corrected chi connectivity index (χ4v) is 2.83. The van der Waals surface area contributed by atoms with Gasteiger partial charge in [0.05, 0.1) is 5.39 Å². The van der Waals surface area contributed by atoms with E-state index < -0.39 is 0 Å². The molecule has 0 atom stereocenters. The molecule has 0 unspecified atom stereocenters. The molecule has 0 aromatic carbocycles. The van der Waals surface area contributed by atoms with Gasteiger partial charge >= 0.3 is 0 Å². The summed E-state index contributed by atoms with van der Waals surface area (Å²) in [4.78, 5) is 15.3. The Morgan fingerprint density at radius 1 is 1.24 bits per heavy atom. The third kappa shape index (κ3) is 3.05. The maximum absolute atomic E-state index is 5.70. The molecule has 3 heterocycles. The van der Waals surface area contributed by atoms with Crippen LogP contribution in [0.5, 0.6) is 0 Å². The van der Waals surface area contributed by atoms with Crippen molar-refractivity contribution in [3.05, 3.63) is 18.5 Å². The molecular formula is C15H22N6. The summed E-state index contributed by atoms with van der Waals surface area (Å²) in [6.45, 7) is 6.76. The number of hydrogen-bond acceptors (Lipinski definition) is 6. The Morgan fingerprint density at radius 2 is 2.00 bits per heavy atom. The van der Waals surface area contributed by atoms with Crippen LogP contribution < -0.4 is 11.1 Å². The number of nitrogen functional groups attached to an aromatic ring is 1. The molecule has 2 aromatic rings. The minimum atomic E-state index is 0.454. The second-order valence-electron chi connectivity index (χ2n) is 5.88. The molecule has 6 heteroatoms. The summed E-state index contributed by atoms with van der Waals surface area (Å²) >= 11 is 0. The number of hydrogen-bond donors (Lipinski definition) is 2. The lowest BCUT2D eigenvalue weighted by Crippen LogP contribution is -2.42. The molecule has 2 aromatic heterocycles. The number of aromatic nitrogens is 3. The summed E-state index contributed by atoms with van der Waals surface area (Å²) < 4.78 is 0. The SMILES string of the molecule is CC(C)N1CCC(Nc2ncnc3nc(N)ccc23)CC1. The Bertz CT molecular complexity index is 619. The molecular weight excluding hydrogens is 264 g/mol. The number of rotatable bonds is 3. The van der Waals surface area contributed by atoms with Crippen LogP contribution in [0.4, 0.5) is 11.6 Å². The van der Waals surface area contributed by atoms with Gasteiger partial charge in [-0.1, -0.05) is 0 Å². The molecule has 3 rings (SSSR count). The fraction of sp³-hybridized carbons (Fsp3) is 0.533. The average molecular weight is 286 g/mol. The zero-order chi connectivity index (χ0) is 14.8. The van der Waals surface area contributed by atoms with Gasteiger partial charge in [0, 0.05) is 25.2 Å². The third-order valence-corrected chi connectivity index (χ3v) is 4.12. The molecule has 0 radical (unpaired) electrons. The summed E-state index contributed by atoms with van der Waals surface area (Å²) in [6.07, 6.45) is 3.80. The highest BCUT2D eigenvalue weighted by atomic mass is 15.2. The Hall–Kier alpha value is -1.95. The molecule has 21 heavy (non-hydrogen) atoms. The molecule has 1 saturated heterocycles. The van der Waals surface area contributed by atoms with Gasteiger partial charge in [0.15, 0.2) is 5.65 Å². The highest BCUT2D eigenvalue weighted by Gasteiger charge is 2.21. The highest BCUT2D eigenvalue weighted by molar-refractivity contribution is 5.87. The Balaban J connectivity index is 1.74. The maximum atomic E-state index is 5.70. The highest BCUT2D eigenvalue weighted by Crippen LogP contribution is 2.22. The molecule has 0 saturated carbocycles. The van der Waals surface area contributed by atoms with Crippen LogP contribution >= 0.6 is 0 Å². The van der Waals surface area contributed by atoms with Crippen molar-refractivity contribution in [1.29, 1.82) is 0 Å². The van der Waals surface area contributed by atoms with Gasteiger partial charge in [0.25, 0.3) is 0 Å². The van der Waals surface area contributed by atoms with Gasteiger partial charge in [-0.15, -0.1) is 0 Å². The lowest BCUT2D eigenvalue weighted by molar-refractivity contribution is 0.177. The molecule has 3 N–H and O–H groups in total. The van der Waals surface area contributed by atoms with Crippen LogP contribution in [0.3, 0.4) is 0 Å². The van der Waals surface area contributed by atoms with Crippen molar-refractivity contribution >= 4 is 22.7 Å². The van der Waals surface area contributed by atoms with Crippen molar-refractivity contribution in [3.63, 3.8) is 0 Å². The largest absolute Gasteiger partial charge is 0.384 e. The number of nitrogens with one attached hydrogen (secondary N) is 1. The van der Waals surface area contributed by atoms with E-state index in [0.29, 0.717) is 23.5 Å². The second kappa shape index (κ2) is 5.81. The van der Waals surface area contributed by atoms with Crippen molar-refractivity contribution in [3.8, 4) is 0 Å². The first-order valence-electron chi connectivity index (χ1n) is 7.51. The van der Waals surface area contributed by atoms with Crippen LogP contribution in [-0.4, -0.2) is 45.0 Å². The number of fused-ring (bicyclic) bond motifs is 1. The Kier molecular flexibility index (Phi) is 3.88. The number of nitrogens with two attached hydrogens (primary N) is 1. The molecule has 6 nitrogen and oxygen atoms in total. The molecule has 1 aliphatic rings. The summed E-state index contributed by atoms with van der Waals surface area (Å²) in [6, 6.07) is 4.80. The predicted octanol–water partition coefficient (Wildman–Crippen LogP) is 1.89. The van der Waals surface area contributed by atoms with Crippen molar-refractivity contribution < 1.29 is 0 Å². The van der Waals surface area contributed by atoms with E-state index in [1.54, 1.807) is 12.4 Å². The summed E-state index contributed by atoms with van der Waals surface area (Å²) in [5.41, 5.74) is 6.35. The van der Waals surface area contributed by atoms with Gasteiger partial charge in [0.2, 0.25) is 0 Å². The van der Waals surface area contributed by atoms with E-state index in [2.05, 4.69) is 39.0 Å². The summed E-state index contributed by atoms with van der Waals surface area (Å²) in [7, 11) is 0. The monoisotopic (exact) mass is 286 g/mol. The minimum absolute atomic E-state index is 0.454. The van der Waals surface area contributed by atoms with Crippen LogP contribution in [0, 0.1) is 0 Å². The normalized spacial score (nSPS) is 17.5. The average Bonchev–Trinajstić information content (AvgIpc) is 2.47. The van der Waals surface area contributed by atoms with E-state index in [1.165, 1.54) is 0 Å². The smallest absolute Gasteiger partial charge is 0.166 e. The van der Waals surface area contributed by atoms with Crippen molar-refractivity contribution in [1.82, 2.24) is 19.9 Å². The van der Waals surface area contributed by atoms with Crippen LogP contribution in [-0.2, 0) is 0 Å². The van der Waals surface area contributed by atoms with E-state index in [9.17, 15) is 0 Å². The summed E-state index contributed by atoms with van der Waals surface area (Å²) in [5, 5.41) is 4.47. The topological polar surface area (TPSA) is 80.0 Å². The third-order valence-electron chi connectivity index (χ3n) is 4.12. The fourth-order valence-electron chi connectivity index (χ4n) is 2.83. The first kappa shape index (κ1) is 14.0. The molecule has 0 bridgehead atoms. The molecule has 0 spiro atoms. The number of piperidine rings is 1. The summed E-state index contributed by atoms with van der Waals surface area (Å²) in [5.74, 6) is 1.34. The van der Waals surface area contributed by atoms with E-state index >= 15 is 0 Å². The first-order valence-corrected chi connectivity index (χ1v) is 7.51. The Labute approximate surface area is 124 Å². The number of likely N-dealkylation sites (tertiary alicyclic amines) is 1. The Morgan fingerprint density at radius 3 is 2.71 bits per heavy atom. The molecule has 1 aliphatic heterocycles. The van der Waals surface area contributed by atoms with Crippen LogP contribution in [0.2, 0.25) is 0 Å². The minimum Gasteiger partial charge on any atom is -0.384 e. The molecule has 0 aliphatic carbocycles. The van der Waals surface area contributed by atoms with Crippen LogP contribution in [0.15, 0.2) is 18.5 Å². The molecule has 112 valence electrons. The van der Waals surface area contributed by atoms with Gasteiger partial charge in [-0.2, -0.15) is 0 Å². The van der Waals surface area contributed by atoms with Crippen LogP contribution in [0.1, 0.15) is 26.7 Å². The standard InChI is InChI=1S/C15H22N6/c1-10(2)21-7-5-11(6-8-21)19-14-12-3-4-13(16)20-15(12)18-9-17-14/h3-4,9-11H,5-8H2,1-2H3,(H3,16,17,18,19,20). The van der Waals surface area contributed by atoms with Crippen LogP contribution in [0.25, 0.3) is 11.0 Å². The van der Waals surface area contributed by atoms with E-state index in [1.807, 2.05) is 6.07 Å². The van der Waals surface area contributed by atoms with Crippen molar-refractivity contribution in [2.24, 2.45) is 0 Å². The maximum Gasteiger partial charge on any atom is 0.166 e. The molecule has 0 amide bonds. The number of nitrogens with zero attached hydrogens (tertiary/aromatic N) is 4. The van der Waals surface area contributed by atoms with Gasteiger partial charge in [0.1, 0.15) is 18.0 Å². The lowest BCUT2D eigenvalue weighted by atomic mass is 10.0. The number of pyridine rings is 1. The van der Waals surface area contributed by atoms with E-state index in [0.717, 1.165) is 37.1 Å². The molecule has 1 fully saturated rings. The van der Waals surface area contributed by atoms with E-state index in [-0.39, 0.29) is 0 Å². The van der Waals surface area contributed by atoms with Gasteiger partial charge < -0.3 is 16.0 Å². The quantitative estimate of drug-likeness (QED) is 0.897. The zero-order valence-electron chi connectivity index (χ0n) is 12.6.